The summed E-state index contributed by atoms with van der Waals surface area (Å²) in [4.78, 5) is 0. The summed E-state index contributed by atoms with van der Waals surface area (Å²) in [5.74, 6) is 0. The molecule has 0 spiro atoms. The summed E-state index contributed by atoms with van der Waals surface area (Å²) < 4.78 is 12.3. The van der Waals surface area contributed by atoms with Gasteiger partial charge in [-0.25, -0.2) is 0 Å². The van der Waals surface area contributed by atoms with Crippen molar-refractivity contribution in [2.75, 3.05) is 40.0 Å². The van der Waals surface area contributed by atoms with E-state index in [1.54, 1.807) is 7.11 Å². The Morgan fingerprint density at radius 2 is 2.18 bits per heavy atom. The Morgan fingerprint density at radius 3 is 2.88 bits per heavy atom. The van der Waals surface area contributed by atoms with Crippen molar-refractivity contribution in [1.29, 1.82) is 0 Å². The molecule has 0 bridgehead atoms. The van der Waals surface area contributed by atoms with Gasteiger partial charge in [-0.2, -0.15) is 5.10 Å². The van der Waals surface area contributed by atoms with Gasteiger partial charge >= 0.3 is 0 Å². The normalized spacial score (nSPS) is 10.9. The quantitative estimate of drug-likeness (QED) is 0.610. The van der Waals surface area contributed by atoms with E-state index in [1.165, 1.54) is 5.69 Å². The smallest absolute Gasteiger partial charge is 0.0590 e. The Labute approximate surface area is 103 Å². The Hall–Kier alpha value is -0.910. The van der Waals surface area contributed by atoms with Crippen LogP contribution >= 0.6 is 0 Å². The van der Waals surface area contributed by atoms with Gasteiger partial charge in [-0.05, 0) is 12.5 Å². The third kappa shape index (κ3) is 6.41. The minimum Gasteiger partial charge on any atom is -0.385 e. The molecule has 0 unspecified atom stereocenters. The van der Waals surface area contributed by atoms with Crippen LogP contribution in [0.25, 0.3) is 0 Å². The lowest BCUT2D eigenvalue weighted by Gasteiger charge is -2.06. The number of rotatable bonds is 10. The van der Waals surface area contributed by atoms with Gasteiger partial charge in [0.25, 0.3) is 0 Å². The van der Waals surface area contributed by atoms with Crippen LogP contribution in [0.4, 0.5) is 0 Å². The third-order valence-electron chi connectivity index (χ3n) is 2.54. The van der Waals surface area contributed by atoms with Crippen LogP contribution in [0.1, 0.15) is 12.1 Å². The van der Waals surface area contributed by atoms with Gasteiger partial charge in [0.05, 0.1) is 6.61 Å². The van der Waals surface area contributed by atoms with E-state index >= 15 is 0 Å². The van der Waals surface area contributed by atoms with E-state index in [-0.39, 0.29) is 0 Å². The van der Waals surface area contributed by atoms with Crippen molar-refractivity contribution in [2.24, 2.45) is 7.05 Å². The van der Waals surface area contributed by atoms with Crippen LogP contribution in [-0.2, 0) is 22.9 Å². The first-order chi connectivity index (χ1) is 8.34. The van der Waals surface area contributed by atoms with Gasteiger partial charge in [0.1, 0.15) is 0 Å². The molecule has 1 rings (SSSR count). The molecule has 1 N–H and O–H groups in total. The molecule has 1 heterocycles. The number of ether oxygens (including phenoxy) is 2. The minimum atomic E-state index is 0.759. The van der Waals surface area contributed by atoms with E-state index in [9.17, 15) is 0 Å². The largest absolute Gasteiger partial charge is 0.385 e. The van der Waals surface area contributed by atoms with E-state index in [1.807, 2.05) is 24.0 Å². The molecule has 98 valence electrons. The van der Waals surface area contributed by atoms with Gasteiger partial charge in [0.2, 0.25) is 0 Å². The highest BCUT2D eigenvalue weighted by atomic mass is 16.5. The van der Waals surface area contributed by atoms with E-state index in [2.05, 4.69) is 10.4 Å². The Balaban J connectivity index is 1.86. The molecule has 0 fully saturated rings. The summed E-state index contributed by atoms with van der Waals surface area (Å²) in [6.45, 7) is 4.16. The maximum atomic E-state index is 5.44. The average molecular weight is 241 g/mol. The maximum absolute atomic E-state index is 5.44. The van der Waals surface area contributed by atoms with Gasteiger partial charge < -0.3 is 14.8 Å². The van der Waals surface area contributed by atoms with Crippen molar-refractivity contribution < 1.29 is 9.47 Å². The third-order valence-corrected chi connectivity index (χ3v) is 2.54. The van der Waals surface area contributed by atoms with E-state index < -0.39 is 0 Å². The molecular formula is C12H23N3O2. The van der Waals surface area contributed by atoms with Crippen LogP contribution in [0.3, 0.4) is 0 Å². The van der Waals surface area contributed by atoms with Crippen molar-refractivity contribution in [2.45, 2.75) is 12.8 Å². The number of aryl methyl sites for hydroxylation is 1. The molecule has 1 aromatic rings. The topological polar surface area (TPSA) is 48.3 Å². The van der Waals surface area contributed by atoms with E-state index in [0.717, 1.165) is 45.8 Å². The van der Waals surface area contributed by atoms with Crippen LogP contribution in [0.5, 0.6) is 0 Å². The fourth-order valence-electron chi connectivity index (χ4n) is 1.54. The molecule has 0 aromatic carbocycles. The molecular weight excluding hydrogens is 218 g/mol. The fourth-order valence-corrected chi connectivity index (χ4v) is 1.54. The lowest BCUT2D eigenvalue weighted by atomic mass is 10.3. The number of hydrogen-bond donors (Lipinski definition) is 1. The molecule has 0 atom stereocenters. The predicted molar refractivity (Wildman–Crippen MR) is 67.1 cm³/mol. The number of methoxy groups -OCH3 is 1. The highest BCUT2D eigenvalue weighted by Crippen LogP contribution is 1.95. The van der Waals surface area contributed by atoms with Crippen LogP contribution in [0.15, 0.2) is 12.3 Å². The zero-order chi connectivity index (χ0) is 12.3. The second kappa shape index (κ2) is 9.15. The standard InChI is InChI=1S/C12H23N3O2/c1-15-12(5-7-14-15)4-6-13-8-11-17-10-3-9-16-2/h5,7,13H,3-4,6,8-11H2,1-2H3. The number of nitrogens with one attached hydrogen (secondary N) is 1. The molecule has 0 aliphatic carbocycles. The van der Waals surface area contributed by atoms with Crippen molar-refractivity contribution in [3.05, 3.63) is 18.0 Å². The molecule has 1 aromatic heterocycles. The van der Waals surface area contributed by atoms with Crippen molar-refractivity contribution in [1.82, 2.24) is 15.1 Å². The average Bonchev–Trinajstić information content (AvgIpc) is 2.73. The summed E-state index contributed by atoms with van der Waals surface area (Å²) in [6, 6.07) is 2.04. The van der Waals surface area contributed by atoms with Crippen LogP contribution in [0, 0.1) is 0 Å². The van der Waals surface area contributed by atoms with E-state index in [4.69, 9.17) is 9.47 Å². The predicted octanol–water partition coefficient (Wildman–Crippen LogP) is 0.605. The molecule has 0 saturated heterocycles. The number of hydrogen-bond acceptors (Lipinski definition) is 4. The lowest BCUT2D eigenvalue weighted by Crippen LogP contribution is -2.23. The molecule has 17 heavy (non-hydrogen) atoms. The SMILES string of the molecule is COCCCOCCNCCc1ccnn1C. The summed E-state index contributed by atoms with van der Waals surface area (Å²) >= 11 is 0. The first-order valence-corrected chi connectivity index (χ1v) is 6.09. The molecule has 0 aliphatic heterocycles. The summed E-state index contributed by atoms with van der Waals surface area (Å²) in [5, 5.41) is 7.47. The van der Waals surface area contributed by atoms with Gasteiger partial charge in [-0.1, -0.05) is 0 Å². The first-order valence-electron chi connectivity index (χ1n) is 6.09. The summed E-state index contributed by atoms with van der Waals surface area (Å²) in [6.07, 6.45) is 3.79. The van der Waals surface area contributed by atoms with Gasteiger partial charge in [-0.3, -0.25) is 4.68 Å². The second-order valence-electron chi connectivity index (χ2n) is 3.90. The second-order valence-corrected chi connectivity index (χ2v) is 3.90. The number of aromatic nitrogens is 2. The summed E-state index contributed by atoms with van der Waals surface area (Å²) in [5.41, 5.74) is 1.25. The number of nitrogens with zero attached hydrogens (tertiary/aromatic N) is 2. The molecule has 0 saturated carbocycles. The van der Waals surface area contributed by atoms with Crippen LogP contribution < -0.4 is 5.32 Å². The zero-order valence-electron chi connectivity index (χ0n) is 10.8. The lowest BCUT2D eigenvalue weighted by molar-refractivity contribution is 0.104. The van der Waals surface area contributed by atoms with Gasteiger partial charge in [-0.15, -0.1) is 0 Å². The van der Waals surface area contributed by atoms with Crippen molar-refractivity contribution in [3.63, 3.8) is 0 Å². The van der Waals surface area contributed by atoms with E-state index in [0.29, 0.717) is 0 Å². The summed E-state index contributed by atoms with van der Waals surface area (Å²) in [7, 11) is 3.67. The molecule has 0 amide bonds. The van der Waals surface area contributed by atoms with Crippen molar-refractivity contribution in [3.8, 4) is 0 Å². The molecule has 0 aliphatic rings. The zero-order valence-corrected chi connectivity index (χ0v) is 10.8. The highest BCUT2D eigenvalue weighted by molar-refractivity contribution is 5.00. The Kier molecular flexibility index (Phi) is 7.62. The maximum Gasteiger partial charge on any atom is 0.0590 e. The Bertz CT molecular complexity index is 289. The van der Waals surface area contributed by atoms with Crippen LogP contribution in [-0.4, -0.2) is 49.8 Å². The molecule has 0 radical (unpaired) electrons. The van der Waals surface area contributed by atoms with Gasteiger partial charge in [0, 0.05) is 58.8 Å². The molecule has 5 heteroatoms. The Morgan fingerprint density at radius 1 is 1.29 bits per heavy atom. The highest BCUT2D eigenvalue weighted by Gasteiger charge is 1.97. The van der Waals surface area contributed by atoms with Crippen LogP contribution in [0.2, 0.25) is 0 Å². The molecule has 5 nitrogen and oxygen atoms in total. The van der Waals surface area contributed by atoms with Crippen molar-refractivity contribution >= 4 is 0 Å². The fraction of sp³-hybridized carbons (Fsp3) is 0.750. The van der Waals surface area contributed by atoms with Gasteiger partial charge in [0.15, 0.2) is 0 Å². The first kappa shape index (κ1) is 14.2. The monoisotopic (exact) mass is 241 g/mol. The minimum absolute atomic E-state index is 0.759.